The molecule has 0 aliphatic rings. The minimum Gasteiger partial charge on any atom is -0.380 e. The van der Waals surface area contributed by atoms with E-state index in [0.717, 1.165) is 11.3 Å². The van der Waals surface area contributed by atoms with E-state index >= 15 is 0 Å². The van der Waals surface area contributed by atoms with E-state index in [0.29, 0.717) is 17.3 Å². The number of thiazole rings is 1. The summed E-state index contributed by atoms with van der Waals surface area (Å²) in [6.45, 7) is 2.39. The second-order valence-electron chi connectivity index (χ2n) is 3.88. The van der Waals surface area contributed by atoms with E-state index in [1.54, 1.807) is 13.2 Å². The molecule has 0 unspecified atom stereocenters. The molecule has 0 spiro atoms. The minimum absolute atomic E-state index is 0.151. The number of nitrogens with one attached hydrogen (secondary N) is 1. The predicted molar refractivity (Wildman–Crippen MR) is 72.0 cm³/mol. The monoisotopic (exact) mass is 262 g/mol. The van der Waals surface area contributed by atoms with Crippen molar-refractivity contribution >= 4 is 22.4 Å². The quantitative estimate of drug-likeness (QED) is 0.921. The lowest BCUT2D eigenvalue weighted by Crippen LogP contribution is -2.12. The molecule has 94 valence electrons. The number of carbonyl (C=O) groups is 1. The molecule has 2 aromatic rings. The zero-order chi connectivity index (χ0) is 13.0. The molecule has 1 aromatic carbocycles. The van der Waals surface area contributed by atoms with Crippen LogP contribution in [0.4, 0.5) is 5.13 Å². The molecule has 1 heterocycles. The normalized spacial score (nSPS) is 10.3. The highest BCUT2D eigenvalue weighted by Gasteiger charge is 2.08. The van der Waals surface area contributed by atoms with Crippen LogP contribution in [0.25, 0.3) is 0 Å². The Labute approximate surface area is 110 Å². The molecular formula is C13H14N2O2S. The third kappa shape index (κ3) is 3.15. The van der Waals surface area contributed by atoms with Crippen LogP contribution in [0.15, 0.2) is 29.6 Å². The first-order valence-corrected chi connectivity index (χ1v) is 6.38. The smallest absolute Gasteiger partial charge is 0.257 e. The molecule has 0 atom stereocenters. The van der Waals surface area contributed by atoms with Crippen LogP contribution >= 0.6 is 11.3 Å². The van der Waals surface area contributed by atoms with Crippen LogP contribution in [-0.4, -0.2) is 18.0 Å². The highest BCUT2D eigenvalue weighted by atomic mass is 32.1. The molecule has 0 aliphatic heterocycles. The van der Waals surface area contributed by atoms with Crippen molar-refractivity contribution in [3.8, 4) is 0 Å². The number of ether oxygens (including phenoxy) is 1. The maximum atomic E-state index is 12.0. The van der Waals surface area contributed by atoms with Crippen molar-refractivity contribution in [3.63, 3.8) is 0 Å². The van der Waals surface area contributed by atoms with Crippen molar-refractivity contribution in [3.05, 3.63) is 46.5 Å². The second-order valence-corrected chi connectivity index (χ2v) is 4.74. The first kappa shape index (κ1) is 12.7. The number of amides is 1. The fourth-order valence-electron chi connectivity index (χ4n) is 1.55. The van der Waals surface area contributed by atoms with Gasteiger partial charge in [-0.25, -0.2) is 4.98 Å². The van der Waals surface area contributed by atoms with Gasteiger partial charge in [-0.1, -0.05) is 12.1 Å². The van der Waals surface area contributed by atoms with Gasteiger partial charge in [-0.3, -0.25) is 10.1 Å². The Hall–Kier alpha value is -1.72. The number of rotatable bonds is 4. The molecule has 1 amide bonds. The van der Waals surface area contributed by atoms with E-state index in [4.69, 9.17) is 4.74 Å². The van der Waals surface area contributed by atoms with Crippen LogP contribution in [0.1, 0.15) is 21.6 Å². The Morgan fingerprint density at radius 1 is 1.50 bits per heavy atom. The molecule has 0 aliphatic carbocycles. The van der Waals surface area contributed by atoms with E-state index in [-0.39, 0.29) is 5.91 Å². The number of methoxy groups -OCH3 is 1. The number of hydrogen-bond donors (Lipinski definition) is 1. The maximum Gasteiger partial charge on any atom is 0.257 e. The largest absolute Gasteiger partial charge is 0.380 e. The zero-order valence-electron chi connectivity index (χ0n) is 10.3. The standard InChI is InChI=1S/C13H14N2O2S/c1-9-8-18-13(14-9)15-12(16)11-5-3-4-10(6-11)7-17-2/h3-6,8H,7H2,1-2H3,(H,14,15,16). The molecule has 18 heavy (non-hydrogen) atoms. The fraction of sp³-hybridized carbons (Fsp3) is 0.231. The van der Waals surface area contributed by atoms with E-state index < -0.39 is 0 Å². The lowest BCUT2D eigenvalue weighted by molar-refractivity contribution is 0.102. The zero-order valence-corrected chi connectivity index (χ0v) is 11.1. The van der Waals surface area contributed by atoms with Gasteiger partial charge in [-0.05, 0) is 24.6 Å². The van der Waals surface area contributed by atoms with Crippen LogP contribution in [0.3, 0.4) is 0 Å². The second kappa shape index (κ2) is 5.75. The molecular weight excluding hydrogens is 248 g/mol. The number of anilines is 1. The molecule has 5 heteroatoms. The fourth-order valence-corrected chi connectivity index (χ4v) is 2.23. The highest BCUT2D eigenvalue weighted by molar-refractivity contribution is 7.13. The average molecular weight is 262 g/mol. The van der Waals surface area contributed by atoms with Crippen LogP contribution < -0.4 is 5.32 Å². The van der Waals surface area contributed by atoms with Crippen molar-refractivity contribution < 1.29 is 9.53 Å². The van der Waals surface area contributed by atoms with Gasteiger partial charge in [0.25, 0.3) is 5.91 Å². The van der Waals surface area contributed by atoms with Crippen LogP contribution in [0, 0.1) is 6.92 Å². The molecule has 0 bridgehead atoms. The van der Waals surface area contributed by atoms with Crippen molar-refractivity contribution in [2.45, 2.75) is 13.5 Å². The van der Waals surface area contributed by atoms with Crippen molar-refractivity contribution in [1.29, 1.82) is 0 Å². The first-order chi connectivity index (χ1) is 8.69. The summed E-state index contributed by atoms with van der Waals surface area (Å²) < 4.78 is 5.04. The van der Waals surface area contributed by atoms with Gasteiger partial charge in [-0.15, -0.1) is 11.3 Å². The summed E-state index contributed by atoms with van der Waals surface area (Å²) in [5.41, 5.74) is 2.49. The summed E-state index contributed by atoms with van der Waals surface area (Å²) in [5.74, 6) is -0.151. The Balaban J connectivity index is 2.11. The van der Waals surface area contributed by atoms with Gasteiger partial charge >= 0.3 is 0 Å². The van der Waals surface area contributed by atoms with Gasteiger partial charge in [0.1, 0.15) is 0 Å². The molecule has 1 N–H and O–H groups in total. The number of aryl methyl sites for hydroxylation is 1. The van der Waals surface area contributed by atoms with Gasteiger partial charge in [0.05, 0.1) is 12.3 Å². The summed E-state index contributed by atoms with van der Waals surface area (Å²) in [5, 5.41) is 5.30. The van der Waals surface area contributed by atoms with Crippen LogP contribution in [-0.2, 0) is 11.3 Å². The molecule has 4 nitrogen and oxygen atoms in total. The SMILES string of the molecule is COCc1cccc(C(=O)Nc2nc(C)cs2)c1. The minimum atomic E-state index is -0.151. The Bertz CT molecular complexity index is 551. The molecule has 0 saturated carbocycles. The maximum absolute atomic E-state index is 12.0. The summed E-state index contributed by atoms with van der Waals surface area (Å²) in [6.07, 6.45) is 0. The topological polar surface area (TPSA) is 51.2 Å². The number of aromatic nitrogens is 1. The number of carbonyl (C=O) groups excluding carboxylic acids is 1. The van der Waals surface area contributed by atoms with Crippen LogP contribution in [0.5, 0.6) is 0 Å². The third-order valence-electron chi connectivity index (χ3n) is 2.34. The molecule has 0 radical (unpaired) electrons. The van der Waals surface area contributed by atoms with Gasteiger partial charge in [-0.2, -0.15) is 0 Å². The summed E-state index contributed by atoms with van der Waals surface area (Å²) in [6, 6.07) is 7.36. The van der Waals surface area contributed by atoms with Gasteiger partial charge < -0.3 is 4.74 Å². The lowest BCUT2D eigenvalue weighted by atomic mass is 10.1. The van der Waals surface area contributed by atoms with Crippen molar-refractivity contribution in [1.82, 2.24) is 4.98 Å². The lowest BCUT2D eigenvalue weighted by Gasteiger charge is -2.04. The van der Waals surface area contributed by atoms with E-state index in [1.165, 1.54) is 11.3 Å². The van der Waals surface area contributed by atoms with Gasteiger partial charge in [0.15, 0.2) is 5.13 Å². The Morgan fingerprint density at radius 3 is 3.00 bits per heavy atom. The van der Waals surface area contributed by atoms with Crippen LogP contribution in [0.2, 0.25) is 0 Å². The number of hydrogen-bond acceptors (Lipinski definition) is 4. The van der Waals surface area contributed by atoms with Gasteiger partial charge in [0.2, 0.25) is 0 Å². The highest BCUT2D eigenvalue weighted by Crippen LogP contribution is 2.16. The van der Waals surface area contributed by atoms with Crippen molar-refractivity contribution in [2.75, 3.05) is 12.4 Å². The molecule has 1 aromatic heterocycles. The molecule has 0 saturated heterocycles. The number of benzene rings is 1. The summed E-state index contributed by atoms with van der Waals surface area (Å²) in [4.78, 5) is 16.2. The van der Waals surface area contributed by atoms with Crippen molar-refractivity contribution in [2.24, 2.45) is 0 Å². The number of nitrogens with zero attached hydrogens (tertiary/aromatic N) is 1. The summed E-state index contributed by atoms with van der Waals surface area (Å²) in [7, 11) is 1.63. The Morgan fingerprint density at radius 2 is 2.33 bits per heavy atom. The molecule has 0 fully saturated rings. The predicted octanol–water partition coefficient (Wildman–Crippen LogP) is 2.85. The molecule has 2 rings (SSSR count). The average Bonchev–Trinajstić information content (AvgIpc) is 2.75. The first-order valence-electron chi connectivity index (χ1n) is 5.50. The summed E-state index contributed by atoms with van der Waals surface area (Å²) >= 11 is 1.42. The van der Waals surface area contributed by atoms with E-state index in [2.05, 4.69) is 10.3 Å². The van der Waals surface area contributed by atoms with Gasteiger partial charge in [0, 0.05) is 18.1 Å². The van der Waals surface area contributed by atoms with E-state index in [1.807, 2.05) is 30.5 Å². The third-order valence-corrected chi connectivity index (χ3v) is 3.22. The van der Waals surface area contributed by atoms with E-state index in [9.17, 15) is 4.79 Å². The Kier molecular flexibility index (Phi) is 4.07.